The molecule has 2 aromatic carbocycles. The number of rotatable bonds is 9. The fourth-order valence-corrected chi connectivity index (χ4v) is 2.34. The maximum absolute atomic E-state index is 12.0. The van der Waals surface area contributed by atoms with Gasteiger partial charge in [-0.3, -0.25) is 0 Å². The van der Waals surface area contributed by atoms with Crippen LogP contribution >= 0.6 is 11.6 Å². The van der Waals surface area contributed by atoms with E-state index in [1.54, 1.807) is 36.4 Å². The molecule has 0 bridgehead atoms. The van der Waals surface area contributed by atoms with E-state index in [1.165, 1.54) is 19.3 Å². The van der Waals surface area contributed by atoms with Crippen molar-refractivity contribution >= 4 is 17.6 Å². The van der Waals surface area contributed by atoms with Gasteiger partial charge in [-0.15, -0.1) is 0 Å². The fraction of sp³-hybridized carbons (Fsp3) is 0.350. The Morgan fingerprint density at radius 1 is 0.958 bits per heavy atom. The molecular weight excluding hydrogens is 324 g/mol. The molecule has 0 amide bonds. The lowest BCUT2D eigenvalue weighted by atomic mass is 10.2. The normalized spacial score (nSPS) is 10.4. The van der Waals surface area contributed by atoms with Gasteiger partial charge in [-0.1, -0.05) is 49.9 Å². The van der Waals surface area contributed by atoms with E-state index in [0.717, 1.165) is 17.7 Å². The van der Waals surface area contributed by atoms with Crippen molar-refractivity contribution in [2.24, 2.45) is 0 Å². The van der Waals surface area contributed by atoms with Crippen molar-refractivity contribution in [3.05, 3.63) is 64.7 Å². The van der Waals surface area contributed by atoms with Crippen LogP contribution in [0.2, 0.25) is 5.02 Å². The lowest BCUT2D eigenvalue weighted by Gasteiger charge is -2.08. The van der Waals surface area contributed by atoms with Crippen LogP contribution in [0.5, 0.6) is 5.75 Å². The molecule has 0 aliphatic carbocycles. The molecule has 2 aromatic rings. The number of halogens is 1. The number of ether oxygens (including phenoxy) is 2. The third-order valence-electron chi connectivity index (χ3n) is 3.64. The molecule has 4 heteroatoms. The first kappa shape index (κ1) is 18.3. The molecule has 0 N–H and O–H groups in total. The van der Waals surface area contributed by atoms with E-state index >= 15 is 0 Å². The molecule has 0 heterocycles. The molecule has 0 aliphatic heterocycles. The van der Waals surface area contributed by atoms with Crippen LogP contribution in [0.1, 0.15) is 48.5 Å². The van der Waals surface area contributed by atoms with Crippen LogP contribution in [0.25, 0.3) is 0 Å². The summed E-state index contributed by atoms with van der Waals surface area (Å²) in [6.45, 7) is 3.12. The summed E-state index contributed by atoms with van der Waals surface area (Å²) in [5, 5.41) is 0.662. The van der Waals surface area contributed by atoms with Crippen molar-refractivity contribution in [3.63, 3.8) is 0 Å². The summed E-state index contributed by atoms with van der Waals surface area (Å²) in [6.07, 6.45) is 4.69. The van der Waals surface area contributed by atoms with E-state index < -0.39 is 0 Å². The van der Waals surface area contributed by atoms with Crippen molar-refractivity contribution in [1.29, 1.82) is 0 Å². The van der Waals surface area contributed by atoms with Crippen LogP contribution in [0, 0.1) is 0 Å². The molecule has 0 aromatic heterocycles. The van der Waals surface area contributed by atoms with Crippen LogP contribution in [-0.4, -0.2) is 12.6 Å². The predicted octanol–water partition coefficient (Wildman–Crippen LogP) is 5.66. The second-order valence-electron chi connectivity index (χ2n) is 5.64. The molecule has 0 radical (unpaired) electrons. The maximum atomic E-state index is 12.0. The Hall–Kier alpha value is -2.00. The summed E-state index contributed by atoms with van der Waals surface area (Å²) >= 11 is 5.83. The Labute approximate surface area is 148 Å². The third-order valence-corrected chi connectivity index (χ3v) is 3.89. The van der Waals surface area contributed by atoms with Gasteiger partial charge in [0.05, 0.1) is 12.2 Å². The Bertz CT molecular complexity index is 620. The first-order valence-electron chi connectivity index (χ1n) is 8.33. The number of unbranched alkanes of at least 4 members (excludes halogenated alkanes) is 3. The average Bonchev–Trinajstić information content (AvgIpc) is 2.61. The van der Waals surface area contributed by atoms with Crippen molar-refractivity contribution in [1.82, 2.24) is 0 Å². The van der Waals surface area contributed by atoms with Crippen LogP contribution in [0.3, 0.4) is 0 Å². The third kappa shape index (κ3) is 6.25. The lowest BCUT2D eigenvalue weighted by molar-refractivity contribution is 0.0472. The number of carbonyl (C=O) groups excluding carboxylic acids is 1. The number of carbonyl (C=O) groups is 1. The van der Waals surface area contributed by atoms with Crippen molar-refractivity contribution in [2.45, 2.75) is 39.2 Å². The summed E-state index contributed by atoms with van der Waals surface area (Å²) in [7, 11) is 0. The van der Waals surface area contributed by atoms with E-state index in [9.17, 15) is 4.79 Å². The predicted molar refractivity (Wildman–Crippen MR) is 96.7 cm³/mol. The van der Waals surface area contributed by atoms with Crippen LogP contribution in [-0.2, 0) is 11.3 Å². The summed E-state index contributed by atoms with van der Waals surface area (Å²) in [5.41, 5.74) is 1.42. The van der Waals surface area contributed by atoms with Gasteiger partial charge in [0.15, 0.2) is 0 Å². The minimum Gasteiger partial charge on any atom is -0.494 e. The van der Waals surface area contributed by atoms with Crippen molar-refractivity contribution in [3.8, 4) is 5.75 Å². The van der Waals surface area contributed by atoms with Gasteiger partial charge in [-0.25, -0.2) is 4.79 Å². The molecule has 0 fully saturated rings. The number of hydrogen-bond acceptors (Lipinski definition) is 3. The number of hydrogen-bond donors (Lipinski definition) is 0. The van der Waals surface area contributed by atoms with Gasteiger partial charge in [-0.2, -0.15) is 0 Å². The minimum atomic E-state index is -0.348. The van der Waals surface area contributed by atoms with Gasteiger partial charge in [0.1, 0.15) is 12.4 Å². The van der Waals surface area contributed by atoms with Crippen LogP contribution < -0.4 is 4.74 Å². The Kier molecular flexibility index (Phi) is 7.63. The van der Waals surface area contributed by atoms with Gasteiger partial charge >= 0.3 is 5.97 Å². The Balaban J connectivity index is 1.77. The van der Waals surface area contributed by atoms with Crippen molar-refractivity contribution < 1.29 is 14.3 Å². The van der Waals surface area contributed by atoms with Crippen LogP contribution in [0.15, 0.2) is 48.5 Å². The molecule has 2 rings (SSSR count). The largest absolute Gasteiger partial charge is 0.494 e. The summed E-state index contributed by atoms with van der Waals surface area (Å²) < 4.78 is 11.0. The van der Waals surface area contributed by atoms with Gasteiger partial charge in [0.2, 0.25) is 0 Å². The van der Waals surface area contributed by atoms with Gasteiger partial charge in [0.25, 0.3) is 0 Å². The highest BCUT2D eigenvalue weighted by Crippen LogP contribution is 2.15. The highest BCUT2D eigenvalue weighted by atomic mass is 35.5. The SMILES string of the molecule is CCCCCCOc1ccc(C(=O)OCc2ccc(Cl)cc2)cc1. The quantitative estimate of drug-likeness (QED) is 0.434. The molecule has 24 heavy (non-hydrogen) atoms. The fourth-order valence-electron chi connectivity index (χ4n) is 2.22. The van der Waals surface area contributed by atoms with E-state index in [4.69, 9.17) is 21.1 Å². The van der Waals surface area contributed by atoms with Crippen LogP contribution in [0.4, 0.5) is 0 Å². The molecule has 3 nitrogen and oxygen atoms in total. The standard InChI is InChI=1S/C20H23ClO3/c1-2-3-4-5-14-23-19-12-8-17(9-13-19)20(22)24-15-16-6-10-18(21)11-7-16/h6-13H,2-5,14-15H2,1H3. The smallest absolute Gasteiger partial charge is 0.338 e. The summed E-state index contributed by atoms with van der Waals surface area (Å²) in [5.74, 6) is 0.431. The summed E-state index contributed by atoms with van der Waals surface area (Å²) in [6, 6.07) is 14.3. The maximum Gasteiger partial charge on any atom is 0.338 e. The second kappa shape index (κ2) is 9.99. The molecule has 0 aliphatic rings. The second-order valence-corrected chi connectivity index (χ2v) is 6.07. The first-order valence-corrected chi connectivity index (χ1v) is 8.71. The number of esters is 1. The lowest BCUT2D eigenvalue weighted by Crippen LogP contribution is -2.05. The Morgan fingerprint density at radius 2 is 1.67 bits per heavy atom. The zero-order chi connectivity index (χ0) is 17.2. The zero-order valence-electron chi connectivity index (χ0n) is 14.0. The molecule has 128 valence electrons. The first-order chi connectivity index (χ1) is 11.7. The van der Waals surface area contributed by atoms with Gasteiger partial charge in [0, 0.05) is 5.02 Å². The average molecular weight is 347 g/mol. The van der Waals surface area contributed by atoms with E-state index in [2.05, 4.69) is 6.92 Å². The van der Waals surface area contributed by atoms with E-state index in [1.807, 2.05) is 12.1 Å². The number of benzene rings is 2. The molecule has 0 unspecified atom stereocenters. The van der Waals surface area contributed by atoms with Gasteiger partial charge in [-0.05, 0) is 48.4 Å². The molecular formula is C20H23ClO3. The highest BCUT2D eigenvalue weighted by molar-refractivity contribution is 6.30. The van der Waals surface area contributed by atoms with E-state index in [-0.39, 0.29) is 12.6 Å². The monoisotopic (exact) mass is 346 g/mol. The highest BCUT2D eigenvalue weighted by Gasteiger charge is 2.07. The zero-order valence-corrected chi connectivity index (χ0v) is 14.7. The molecule has 0 saturated heterocycles. The molecule has 0 spiro atoms. The topological polar surface area (TPSA) is 35.5 Å². The van der Waals surface area contributed by atoms with Gasteiger partial charge < -0.3 is 9.47 Å². The van der Waals surface area contributed by atoms with E-state index in [0.29, 0.717) is 17.2 Å². The minimum absolute atomic E-state index is 0.228. The molecule has 0 atom stereocenters. The molecule has 0 saturated carbocycles. The van der Waals surface area contributed by atoms with Crippen molar-refractivity contribution in [2.75, 3.05) is 6.61 Å². The Morgan fingerprint density at radius 3 is 2.33 bits per heavy atom. The summed E-state index contributed by atoms with van der Waals surface area (Å²) in [4.78, 5) is 12.0.